The highest BCUT2D eigenvalue weighted by Gasteiger charge is 2.24. The Morgan fingerprint density at radius 1 is 1.25 bits per heavy atom. The Morgan fingerprint density at radius 3 is 2.75 bits per heavy atom. The van der Waals surface area contributed by atoms with E-state index in [1.165, 1.54) is 12.0 Å². The zero-order valence-electron chi connectivity index (χ0n) is 17.7. The maximum atomic E-state index is 5.66. The Morgan fingerprint density at radius 2 is 2.07 bits per heavy atom. The number of nitrogens with zero attached hydrogens (tertiary/aromatic N) is 2. The molecule has 1 atom stereocenters. The molecule has 1 fully saturated rings. The van der Waals surface area contributed by atoms with E-state index in [0.29, 0.717) is 12.5 Å². The molecule has 0 aromatic heterocycles. The molecule has 1 aliphatic heterocycles. The standard InChI is InChI=1S/C21H35N3O3.HI/c1-5-22-21(24-13-11-18(15-24)16-25-3)23-12-7-8-17-9-10-19(26-4)20(14-17)27-6-2;/h9-10,14,18H,5-8,11-13,15-16H2,1-4H3,(H,22,23);1H. The van der Waals surface area contributed by atoms with E-state index < -0.39 is 0 Å². The molecule has 160 valence electrons. The quantitative estimate of drug-likeness (QED) is 0.228. The third-order valence-electron chi connectivity index (χ3n) is 4.74. The summed E-state index contributed by atoms with van der Waals surface area (Å²) in [7, 11) is 3.45. The van der Waals surface area contributed by atoms with E-state index in [0.717, 1.165) is 63.1 Å². The molecular weight excluding hydrogens is 469 g/mol. The molecule has 1 heterocycles. The summed E-state index contributed by atoms with van der Waals surface area (Å²) in [4.78, 5) is 7.19. The summed E-state index contributed by atoms with van der Waals surface area (Å²) in [5, 5.41) is 3.43. The van der Waals surface area contributed by atoms with E-state index in [9.17, 15) is 0 Å². The lowest BCUT2D eigenvalue weighted by atomic mass is 10.1. The fourth-order valence-electron chi connectivity index (χ4n) is 3.44. The molecular formula is C21H36IN3O3. The predicted octanol–water partition coefficient (Wildman–Crippen LogP) is 3.58. The van der Waals surface area contributed by atoms with Crippen molar-refractivity contribution in [3.05, 3.63) is 23.8 Å². The van der Waals surface area contributed by atoms with Crippen molar-refractivity contribution in [2.75, 3.05) is 53.6 Å². The number of ether oxygens (including phenoxy) is 3. The largest absolute Gasteiger partial charge is 0.493 e. The van der Waals surface area contributed by atoms with Gasteiger partial charge in [0.1, 0.15) is 0 Å². The van der Waals surface area contributed by atoms with Crippen LogP contribution < -0.4 is 14.8 Å². The number of likely N-dealkylation sites (tertiary alicyclic amines) is 1. The number of halogens is 1. The third kappa shape index (κ3) is 7.66. The van der Waals surface area contributed by atoms with Crippen molar-refractivity contribution in [3.63, 3.8) is 0 Å². The highest BCUT2D eigenvalue weighted by molar-refractivity contribution is 14.0. The van der Waals surface area contributed by atoms with E-state index in [1.807, 2.05) is 13.0 Å². The summed E-state index contributed by atoms with van der Waals surface area (Å²) in [5.74, 6) is 3.24. The van der Waals surface area contributed by atoms with Gasteiger partial charge < -0.3 is 24.4 Å². The average Bonchev–Trinajstić information content (AvgIpc) is 3.13. The van der Waals surface area contributed by atoms with Crippen LogP contribution >= 0.6 is 24.0 Å². The Balaban J connectivity index is 0.00000392. The second-order valence-corrected chi connectivity index (χ2v) is 6.81. The van der Waals surface area contributed by atoms with Crippen molar-refractivity contribution in [1.82, 2.24) is 10.2 Å². The van der Waals surface area contributed by atoms with E-state index in [4.69, 9.17) is 19.2 Å². The van der Waals surface area contributed by atoms with Gasteiger partial charge in [0.15, 0.2) is 17.5 Å². The molecule has 0 amide bonds. The molecule has 2 rings (SSSR count). The molecule has 7 heteroatoms. The van der Waals surface area contributed by atoms with Gasteiger partial charge in [0, 0.05) is 39.2 Å². The minimum absolute atomic E-state index is 0. The van der Waals surface area contributed by atoms with Crippen LogP contribution in [-0.2, 0) is 11.2 Å². The Kier molecular flexibility index (Phi) is 12.3. The van der Waals surface area contributed by atoms with E-state index in [-0.39, 0.29) is 24.0 Å². The Hall–Kier alpha value is -1.22. The minimum Gasteiger partial charge on any atom is -0.493 e. The molecule has 1 aliphatic rings. The van der Waals surface area contributed by atoms with Crippen LogP contribution in [0.1, 0.15) is 32.3 Å². The van der Waals surface area contributed by atoms with Gasteiger partial charge in [-0.05, 0) is 50.8 Å². The average molecular weight is 505 g/mol. The summed E-state index contributed by atoms with van der Waals surface area (Å²) >= 11 is 0. The second-order valence-electron chi connectivity index (χ2n) is 6.81. The Labute approximate surface area is 187 Å². The zero-order chi connectivity index (χ0) is 19.5. The minimum atomic E-state index is 0. The molecule has 6 nitrogen and oxygen atoms in total. The first-order valence-electron chi connectivity index (χ1n) is 10.0. The molecule has 28 heavy (non-hydrogen) atoms. The summed E-state index contributed by atoms with van der Waals surface area (Å²) in [5.41, 5.74) is 1.25. The molecule has 0 saturated carbocycles. The van der Waals surface area contributed by atoms with Gasteiger partial charge in [0.2, 0.25) is 0 Å². The molecule has 0 spiro atoms. The van der Waals surface area contributed by atoms with Crippen LogP contribution in [0, 0.1) is 5.92 Å². The lowest BCUT2D eigenvalue weighted by molar-refractivity contribution is 0.157. The first-order chi connectivity index (χ1) is 13.2. The molecule has 1 saturated heterocycles. The van der Waals surface area contributed by atoms with E-state index in [2.05, 4.69) is 29.3 Å². The maximum Gasteiger partial charge on any atom is 0.193 e. The van der Waals surface area contributed by atoms with Crippen molar-refractivity contribution < 1.29 is 14.2 Å². The smallest absolute Gasteiger partial charge is 0.193 e. The molecule has 1 N–H and O–H groups in total. The number of hydrogen-bond donors (Lipinski definition) is 1. The van der Waals surface area contributed by atoms with Gasteiger partial charge in [-0.25, -0.2) is 0 Å². The van der Waals surface area contributed by atoms with Crippen molar-refractivity contribution in [2.24, 2.45) is 10.9 Å². The normalized spacial score (nSPS) is 16.6. The van der Waals surface area contributed by atoms with E-state index in [1.54, 1.807) is 14.2 Å². The van der Waals surface area contributed by atoms with Gasteiger partial charge in [-0.3, -0.25) is 4.99 Å². The molecule has 0 bridgehead atoms. The summed E-state index contributed by atoms with van der Waals surface area (Å²) in [6.45, 7) is 9.34. The van der Waals surface area contributed by atoms with E-state index >= 15 is 0 Å². The van der Waals surface area contributed by atoms with Gasteiger partial charge in [-0.2, -0.15) is 0 Å². The molecule has 0 radical (unpaired) electrons. The number of guanidine groups is 1. The maximum absolute atomic E-state index is 5.66. The van der Waals surface area contributed by atoms with Crippen molar-refractivity contribution in [1.29, 1.82) is 0 Å². The fourth-order valence-corrected chi connectivity index (χ4v) is 3.44. The van der Waals surface area contributed by atoms with Gasteiger partial charge >= 0.3 is 0 Å². The highest BCUT2D eigenvalue weighted by atomic mass is 127. The highest BCUT2D eigenvalue weighted by Crippen LogP contribution is 2.28. The lowest BCUT2D eigenvalue weighted by Gasteiger charge is -2.21. The zero-order valence-corrected chi connectivity index (χ0v) is 20.0. The Bertz CT molecular complexity index is 598. The summed E-state index contributed by atoms with van der Waals surface area (Å²) in [6.07, 6.45) is 3.14. The number of rotatable bonds is 10. The monoisotopic (exact) mass is 505 g/mol. The van der Waals surface area contributed by atoms with Gasteiger partial charge in [-0.15, -0.1) is 24.0 Å². The van der Waals surface area contributed by atoms with Crippen LogP contribution in [0.15, 0.2) is 23.2 Å². The van der Waals surface area contributed by atoms with Crippen LogP contribution in [0.4, 0.5) is 0 Å². The predicted molar refractivity (Wildman–Crippen MR) is 125 cm³/mol. The first kappa shape index (κ1) is 24.8. The number of methoxy groups -OCH3 is 2. The number of nitrogens with one attached hydrogen (secondary N) is 1. The van der Waals surface area contributed by atoms with Crippen LogP contribution in [0.2, 0.25) is 0 Å². The van der Waals surface area contributed by atoms with Crippen LogP contribution in [0.3, 0.4) is 0 Å². The van der Waals surface area contributed by atoms with Gasteiger partial charge in [0.05, 0.1) is 20.3 Å². The van der Waals surface area contributed by atoms with Crippen molar-refractivity contribution in [2.45, 2.75) is 33.1 Å². The molecule has 1 aromatic rings. The molecule has 1 unspecified atom stereocenters. The number of hydrogen-bond acceptors (Lipinski definition) is 4. The van der Waals surface area contributed by atoms with Crippen LogP contribution in [0.25, 0.3) is 0 Å². The van der Waals surface area contributed by atoms with Crippen LogP contribution in [-0.4, -0.2) is 64.5 Å². The van der Waals surface area contributed by atoms with Crippen LogP contribution in [0.5, 0.6) is 11.5 Å². The lowest BCUT2D eigenvalue weighted by Crippen LogP contribution is -2.40. The third-order valence-corrected chi connectivity index (χ3v) is 4.74. The first-order valence-corrected chi connectivity index (χ1v) is 10.0. The topological polar surface area (TPSA) is 55.3 Å². The summed E-state index contributed by atoms with van der Waals surface area (Å²) < 4.78 is 16.3. The molecule has 0 aliphatic carbocycles. The summed E-state index contributed by atoms with van der Waals surface area (Å²) in [6, 6.07) is 6.16. The van der Waals surface area contributed by atoms with Crippen molar-refractivity contribution >= 4 is 29.9 Å². The van der Waals surface area contributed by atoms with Gasteiger partial charge in [0.25, 0.3) is 0 Å². The molecule has 1 aromatic carbocycles. The number of aryl methyl sites for hydroxylation is 1. The fraction of sp³-hybridized carbons (Fsp3) is 0.667. The van der Waals surface area contributed by atoms with Crippen molar-refractivity contribution in [3.8, 4) is 11.5 Å². The second kappa shape index (κ2) is 13.9. The number of aliphatic imine (C=N–C) groups is 1. The SMILES string of the molecule is CCNC(=NCCCc1ccc(OC)c(OCC)c1)N1CCC(COC)C1.I. The number of benzene rings is 1. The van der Waals surface area contributed by atoms with Gasteiger partial charge in [-0.1, -0.05) is 6.07 Å².